The number of hydrogen-bond donors (Lipinski definition) is 0. The first-order chi connectivity index (χ1) is 4.33. The van der Waals surface area contributed by atoms with Gasteiger partial charge in [-0.15, -0.1) is 13.2 Å². The maximum atomic E-state index is 9.53. The van der Waals surface area contributed by atoms with Crippen LogP contribution in [0.15, 0.2) is 0 Å². The van der Waals surface area contributed by atoms with Gasteiger partial charge in [-0.25, -0.2) is 0 Å². The van der Waals surface area contributed by atoms with Crippen molar-refractivity contribution in [2.75, 3.05) is 13.2 Å². The predicted molar refractivity (Wildman–Crippen MR) is 34.9 cm³/mol. The molecule has 0 aromatic carbocycles. The molecule has 0 aromatic heterocycles. The summed E-state index contributed by atoms with van der Waals surface area (Å²) in [7, 11) is 0. The third-order valence-corrected chi connectivity index (χ3v) is 0.702. The van der Waals surface area contributed by atoms with E-state index in [-0.39, 0.29) is 58.0 Å². The van der Waals surface area contributed by atoms with Crippen LogP contribution in [0.4, 0.5) is 0 Å². The topological polar surface area (TPSA) is 46.1 Å². The smallest absolute Gasteiger partial charge is 0.854 e. The molecule has 0 aliphatic rings. The predicted octanol–water partition coefficient (Wildman–Crippen LogP) is -0.102. The van der Waals surface area contributed by atoms with Gasteiger partial charge in [0.2, 0.25) is 0 Å². The van der Waals surface area contributed by atoms with E-state index >= 15 is 0 Å². The molecule has 0 aliphatic heterocycles. The van der Waals surface area contributed by atoms with Crippen LogP contribution in [0.2, 0.25) is 0 Å². The maximum absolute atomic E-state index is 9.53. The fourth-order valence-electron chi connectivity index (χ4n) is 0.144. The molecule has 0 radical (unpaired) electrons. The standard InChI is InChI=1S/C4H9O.C3H7O.2Ta/c1-2-3-4-5;1-2-3-4;;/h2-4H2,1H3;2-3H2,1H3;;/q2*-1;2*+5. The second-order valence-electron chi connectivity index (χ2n) is 1.76. The van der Waals surface area contributed by atoms with Crippen LogP contribution in [-0.4, -0.2) is 13.2 Å². The average Bonchev–Trinajstić information content (AvgIpc) is 1.91. The van der Waals surface area contributed by atoms with E-state index in [4.69, 9.17) is 0 Å². The van der Waals surface area contributed by atoms with Crippen LogP contribution < -0.4 is 10.2 Å². The van der Waals surface area contributed by atoms with Crippen LogP contribution in [0.5, 0.6) is 0 Å². The van der Waals surface area contributed by atoms with Crippen LogP contribution in [0.1, 0.15) is 33.1 Å². The normalized spacial score (nSPS) is 6.55. The first-order valence-corrected chi connectivity index (χ1v) is 3.49. The molecule has 0 fully saturated rings. The van der Waals surface area contributed by atoms with E-state index in [2.05, 4.69) is 0 Å². The van der Waals surface area contributed by atoms with Gasteiger partial charge in [0.1, 0.15) is 0 Å². The summed E-state index contributed by atoms with van der Waals surface area (Å²) in [6.07, 6.45) is 2.63. The molecule has 4 heteroatoms. The molecule has 0 aromatic rings. The molecule has 0 aliphatic carbocycles. The summed E-state index contributed by atoms with van der Waals surface area (Å²) in [6, 6.07) is 0. The summed E-state index contributed by atoms with van der Waals surface area (Å²) in [6.45, 7) is 4.04. The van der Waals surface area contributed by atoms with Crippen LogP contribution in [0, 0.1) is 0 Å². The molecule has 0 spiro atoms. The van der Waals surface area contributed by atoms with Crippen LogP contribution in [0.25, 0.3) is 0 Å². The quantitative estimate of drug-likeness (QED) is 0.551. The molecule has 0 unspecified atom stereocenters. The molecule has 0 rings (SSSR count). The third-order valence-electron chi connectivity index (χ3n) is 0.702. The minimum absolute atomic E-state index is 0. The summed E-state index contributed by atoms with van der Waals surface area (Å²) in [5.41, 5.74) is 0. The second kappa shape index (κ2) is 30.1. The van der Waals surface area contributed by atoms with Crippen molar-refractivity contribution in [3.8, 4) is 0 Å². The van der Waals surface area contributed by atoms with Gasteiger partial charge < -0.3 is 10.2 Å². The van der Waals surface area contributed by atoms with Gasteiger partial charge in [-0.1, -0.05) is 33.1 Å². The Labute approximate surface area is 101 Å². The Morgan fingerprint density at radius 3 is 1.18 bits per heavy atom. The van der Waals surface area contributed by atoms with Gasteiger partial charge in [0.05, 0.1) is 0 Å². The second-order valence-corrected chi connectivity index (χ2v) is 1.76. The average molecular weight is 494 g/mol. The summed E-state index contributed by atoms with van der Waals surface area (Å²) < 4.78 is 0. The number of rotatable bonds is 3. The first kappa shape index (κ1) is 22.8. The van der Waals surface area contributed by atoms with Crippen LogP contribution in [0.3, 0.4) is 0 Å². The van der Waals surface area contributed by atoms with E-state index < -0.39 is 0 Å². The van der Waals surface area contributed by atoms with E-state index in [1.807, 2.05) is 13.8 Å². The van der Waals surface area contributed by atoms with Gasteiger partial charge in [0.25, 0.3) is 0 Å². The fraction of sp³-hybridized carbons (Fsp3) is 1.00. The van der Waals surface area contributed by atoms with Gasteiger partial charge in [-0.3, -0.25) is 0 Å². The van der Waals surface area contributed by atoms with Crippen molar-refractivity contribution >= 4 is 0 Å². The molecule has 0 saturated heterocycles. The molecule has 0 atom stereocenters. The monoisotopic (exact) mass is 494 g/mol. The summed E-state index contributed by atoms with van der Waals surface area (Å²) >= 11 is 0. The zero-order valence-electron chi connectivity index (χ0n) is 7.25. The number of hydrogen-bond acceptors (Lipinski definition) is 2. The molecular weight excluding hydrogens is 478 g/mol. The summed E-state index contributed by atoms with van der Waals surface area (Å²) in [5.74, 6) is 0. The third kappa shape index (κ3) is 52.0. The van der Waals surface area contributed by atoms with Crippen LogP contribution in [-0.2, 0) is 44.8 Å². The fourth-order valence-corrected chi connectivity index (χ4v) is 0.144. The first-order valence-electron chi connectivity index (χ1n) is 3.49. The molecular formula is C7H16O2Ta2+8. The molecule has 0 saturated carbocycles. The molecule has 58 valence electrons. The Balaban J connectivity index is -0.0000000383. The van der Waals surface area contributed by atoms with Crippen LogP contribution >= 0.6 is 0 Å². The van der Waals surface area contributed by atoms with E-state index in [9.17, 15) is 10.2 Å². The largest absolute Gasteiger partial charge is 5.00 e. The molecule has 0 N–H and O–H groups in total. The molecule has 2 nitrogen and oxygen atoms in total. The van der Waals surface area contributed by atoms with Gasteiger partial charge in [-0.05, 0) is 0 Å². The zero-order chi connectivity index (χ0) is 7.54. The van der Waals surface area contributed by atoms with E-state index in [1.54, 1.807) is 0 Å². The van der Waals surface area contributed by atoms with Crippen molar-refractivity contribution in [1.29, 1.82) is 0 Å². The SMILES string of the molecule is CCCC[O-].CCC[O-].[Ta+5].[Ta+5]. The van der Waals surface area contributed by atoms with Gasteiger partial charge in [0.15, 0.2) is 0 Å². The van der Waals surface area contributed by atoms with Crippen molar-refractivity contribution in [2.24, 2.45) is 0 Å². The van der Waals surface area contributed by atoms with E-state index in [0.29, 0.717) is 0 Å². The Hall–Kier alpha value is 1.40. The Kier molecular flexibility index (Phi) is 62.5. The molecule has 0 bridgehead atoms. The molecule has 0 amide bonds. The maximum Gasteiger partial charge on any atom is 5.00 e. The minimum Gasteiger partial charge on any atom is -0.854 e. The van der Waals surface area contributed by atoms with E-state index in [1.165, 1.54) is 0 Å². The number of unbranched alkanes of at least 4 members (excludes halogenated alkanes) is 1. The van der Waals surface area contributed by atoms with Crippen molar-refractivity contribution in [3.05, 3.63) is 0 Å². The Morgan fingerprint density at radius 2 is 1.18 bits per heavy atom. The van der Waals surface area contributed by atoms with Gasteiger partial charge in [0, 0.05) is 0 Å². The summed E-state index contributed by atoms with van der Waals surface area (Å²) in [5, 5.41) is 18.8. The molecule has 0 heterocycles. The van der Waals surface area contributed by atoms with Crippen molar-refractivity contribution in [2.45, 2.75) is 33.1 Å². The van der Waals surface area contributed by atoms with Gasteiger partial charge in [-0.2, -0.15) is 0 Å². The minimum atomic E-state index is 0. The molecule has 11 heavy (non-hydrogen) atoms. The van der Waals surface area contributed by atoms with Crippen molar-refractivity contribution < 1.29 is 55.0 Å². The zero-order valence-corrected chi connectivity index (χ0v) is 13.7. The Morgan fingerprint density at radius 1 is 0.818 bits per heavy atom. The van der Waals surface area contributed by atoms with E-state index in [0.717, 1.165) is 19.3 Å². The Bertz CT molecular complexity index is 33.6. The summed E-state index contributed by atoms with van der Waals surface area (Å²) in [4.78, 5) is 0. The van der Waals surface area contributed by atoms with Crippen molar-refractivity contribution in [1.82, 2.24) is 0 Å². The van der Waals surface area contributed by atoms with Gasteiger partial charge >= 0.3 is 44.8 Å². The van der Waals surface area contributed by atoms with Crippen molar-refractivity contribution in [3.63, 3.8) is 0 Å².